The highest BCUT2D eigenvalue weighted by Gasteiger charge is 2.15. The van der Waals surface area contributed by atoms with E-state index < -0.39 is 0 Å². The SMILES string of the molecule is CCCOc1ccc(-c2nonc2NC(=O)COc2ccc(CC)cc2)cc1. The van der Waals surface area contributed by atoms with Crippen molar-refractivity contribution in [3.8, 4) is 22.8 Å². The molecule has 0 bridgehead atoms. The standard InChI is InChI=1S/C21H23N3O4/c1-3-13-26-17-11-7-16(8-12-17)20-21(24-28-23-20)22-19(25)14-27-18-9-5-15(4-2)6-10-18/h5-12H,3-4,13-14H2,1-2H3,(H,22,24,25). The average Bonchev–Trinajstić information content (AvgIpc) is 3.19. The summed E-state index contributed by atoms with van der Waals surface area (Å²) in [5.41, 5.74) is 2.42. The maximum absolute atomic E-state index is 12.2. The van der Waals surface area contributed by atoms with E-state index in [2.05, 4.69) is 22.6 Å². The molecule has 7 nitrogen and oxygen atoms in total. The van der Waals surface area contributed by atoms with Gasteiger partial charge in [-0.25, -0.2) is 4.63 Å². The molecule has 3 rings (SSSR count). The van der Waals surface area contributed by atoms with Gasteiger partial charge < -0.3 is 14.8 Å². The maximum atomic E-state index is 12.2. The van der Waals surface area contributed by atoms with E-state index in [-0.39, 0.29) is 18.3 Å². The maximum Gasteiger partial charge on any atom is 0.263 e. The van der Waals surface area contributed by atoms with Crippen LogP contribution in [0.15, 0.2) is 53.2 Å². The first-order valence-electron chi connectivity index (χ1n) is 9.27. The Labute approximate surface area is 163 Å². The minimum Gasteiger partial charge on any atom is -0.494 e. The number of nitrogens with zero attached hydrogens (tertiary/aromatic N) is 2. The molecule has 146 valence electrons. The van der Waals surface area contributed by atoms with Crippen molar-refractivity contribution in [2.75, 3.05) is 18.5 Å². The Hall–Kier alpha value is -3.35. The predicted molar refractivity (Wildman–Crippen MR) is 105 cm³/mol. The predicted octanol–water partition coefficient (Wildman–Crippen LogP) is 4.11. The Kier molecular flexibility index (Phi) is 6.62. The van der Waals surface area contributed by atoms with E-state index in [1.165, 1.54) is 5.56 Å². The van der Waals surface area contributed by atoms with Gasteiger partial charge in [0.1, 0.15) is 11.5 Å². The summed E-state index contributed by atoms with van der Waals surface area (Å²) in [5.74, 6) is 1.31. The van der Waals surface area contributed by atoms with E-state index in [0.29, 0.717) is 18.1 Å². The molecule has 0 saturated carbocycles. The number of rotatable bonds is 9. The van der Waals surface area contributed by atoms with Gasteiger partial charge in [0.15, 0.2) is 12.3 Å². The van der Waals surface area contributed by atoms with E-state index in [1.807, 2.05) is 55.5 Å². The zero-order valence-electron chi connectivity index (χ0n) is 16.0. The van der Waals surface area contributed by atoms with Crippen molar-refractivity contribution in [3.05, 3.63) is 54.1 Å². The second kappa shape index (κ2) is 9.55. The molecule has 28 heavy (non-hydrogen) atoms. The summed E-state index contributed by atoms with van der Waals surface area (Å²) in [6.45, 7) is 4.65. The first-order valence-corrected chi connectivity index (χ1v) is 9.27. The summed E-state index contributed by atoms with van der Waals surface area (Å²) in [4.78, 5) is 12.2. The average molecular weight is 381 g/mol. The van der Waals surface area contributed by atoms with Crippen molar-refractivity contribution in [1.82, 2.24) is 10.3 Å². The molecule has 1 amide bonds. The number of nitrogens with one attached hydrogen (secondary N) is 1. The minimum absolute atomic E-state index is 0.137. The van der Waals surface area contributed by atoms with Crippen LogP contribution >= 0.6 is 0 Å². The number of anilines is 1. The molecule has 1 aromatic heterocycles. The molecule has 0 aliphatic rings. The normalized spacial score (nSPS) is 10.5. The number of hydrogen-bond donors (Lipinski definition) is 1. The number of benzene rings is 2. The van der Waals surface area contributed by atoms with Gasteiger partial charge in [-0.05, 0) is 65.1 Å². The highest BCUT2D eigenvalue weighted by molar-refractivity contribution is 5.94. The summed E-state index contributed by atoms with van der Waals surface area (Å²) in [7, 11) is 0. The van der Waals surface area contributed by atoms with Crippen LogP contribution in [0.25, 0.3) is 11.3 Å². The van der Waals surface area contributed by atoms with Crippen molar-refractivity contribution >= 4 is 11.7 Å². The van der Waals surface area contributed by atoms with Crippen LogP contribution in [-0.2, 0) is 11.2 Å². The Morgan fingerprint density at radius 2 is 1.64 bits per heavy atom. The first-order chi connectivity index (χ1) is 13.7. The fraction of sp³-hybridized carbons (Fsp3) is 0.286. The Morgan fingerprint density at radius 1 is 0.964 bits per heavy atom. The molecule has 0 radical (unpaired) electrons. The van der Waals surface area contributed by atoms with Crippen LogP contribution in [0.5, 0.6) is 11.5 Å². The van der Waals surface area contributed by atoms with Gasteiger partial charge in [0.25, 0.3) is 5.91 Å². The fourth-order valence-corrected chi connectivity index (χ4v) is 2.53. The molecular formula is C21H23N3O4. The molecule has 7 heteroatoms. The lowest BCUT2D eigenvalue weighted by molar-refractivity contribution is -0.118. The van der Waals surface area contributed by atoms with Gasteiger partial charge in [-0.15, -0.1) is 0 Å². The molecule has 0 unspecified atom stereocenters. The number of ether oxygens (including phenoxy) is 2. The van der Waals surface area contributed by atoms with Crippen molar-refractivity contribution < 1.29 is 18.9 Å². The molecule has 0 aliphatic heterocycles. The van der Waals surface area contributed by atoms with Crippen molar-refractivity contribution in [3.63, 3.8) is 0 Å². The van der Waals surface area contributed by atoms with Crippen molar-refractivity contribution in [2.24, 2.45) is 0 Å². The summed E-state index contributed by atoms with van der Waals surface area (Å²) < 4.78 is 15.9. The van der Waals surface area contributed by atoms with Gasteiger partial charge in [0.05, 0.1) is 6.61 Å². The number of hydrogen-bond acceptors (Lipinski definition) is 6. The third-order valence-corrected chi connectivity index (χ3v) is 4.05. The summed E-state index contributed by atoms with van der Waals surface area (Å²) in [6, 6.07) is 15.0. The van der Waals surface area contributed by atoms with Gasteiger partial charge in [0.2, 0.25) is 5.82 Å². The largest absolute Gasteiger partial charge is 0.494 e. The smallest absolute Gasteiger partial charge is 0.263 e. The monoisotopic (exact) mass is 381 g/mol. The van der Waals surface area contributed by atoms with Crippen LogP contribution < -0.4 is 14.8 Å². The molecular weight excluding hydrogens is 358 g/mol. The zero-order valence-corrected chi connectivity index (χ0v) is 16.0. The van der Waals surface area contributed by atoms with Crippen molar-refractivity contribution in [1.29, 1.82) is 0 Å². The number of amides is 1. The molecule has 3 aromatic rings. The van der Waals surface area contributed by atoms with Gasteiger partial charge in [-0.1, -0.05) is 26.0 Å². The first kappa shape index (κ1) is 19.4. The third-order valence-electron chi connectivity index (χ3n) is 4.05. The Balaban J connectivity index is 1.59. The number of aryl methyl sites for hydroxylation is 1. The highest BCUT2D eigenvalue weighted by atomic mass is 16.6. The topological polar surface area (TPSA) is 86.5 Å². The lowest BCUT2D eigenvalue weighted by atomic mass is 10.1. The van der Waals surface area contributed by atoms with E-state index >= 15 is 0 Å². The fourth-order valence-electron chi connectivity index (χ4n) is 2.53. The minimum atomic E-state index is -0.348. The molecule has 0 aliphatic carbocycles. The Bertz CT molecular complexity index is 889. The van der Waals surface area contributed by atoms with E-state index in [0.717, 1.165) is 24.2 Å². The quantitative estimate of drug-likeness (QED) is 0.600. The molecule has 0 saturated heterocycles. The Morgan fingerprint density at radius 3 is 2.32 bits per heavy atom. The molecule has 0 fully saturated rings. The second-order valence-corrected chi connectivity index (χ2v) is 6.17. The van der Waals surface area contributed by atoms with Crippen molar-refractivity contribution in [2.45, 2.75) is 26.7 Å². The lowest BCUT2D eigenvalue weighted by Gasteiger charge is -2.07. The van der Waals surface area contributed by atoms with Gasteiger partial charge in [-0.3, -0.25) is 4.79 Å². The number of carbonyl (C=O) groups is 1. The van der Waals surface area contributed by atoms with Crippen LogP contribution in [0.1, 0.15) is 25.8 Å². The van der Waals surface area contributed by atoms with E-state index in [9.17, 15) is 4.79 Å². The van der Waals surface area contributed by atoms with E-state index in [4.69, 9.17) is 14.1 Å². The van der Waals surface area contributed by atoms with Gasteiger partial charge in [0, 0.05) is 5.56 Å². The molecule has 1 heterocycles. The third kappa shape index (κ3) is 5.09. The molecule has 0 spiro atoms. The van der Waals surface area contributed by atoms with Gasteiger partial charge in [-0.2, -0.15) is 0 Å². The van der Waals surface area contributed by atoms with Crippen LogP contribution in [-0.4, -0.2) is 29.4 Å². The van der Waals surface area contributed by atoms with Gasteiger partial charge >= 0.3 is 0 Å². The summed E-state index contributed by atoms with van der Waals surface area (Å²) in [5, 5.41) is 10.3. The molecule has 0 atom stereocenters. The second-order valence-electron chi connectivity index (χ2n) is 6.17. The van der Waals surface area contributed by atoms with Crippen LogP contribution in [0.2, 0.25) is 0 Å². The molecule has 2 aromatic carbocycles. The van der Waals surface area contributed by atoms with E-state index in [1.54, 1.807) is 0 Å². The number of carbonyl (C=O) groups excluding carboxylic acids is 1. The zero-order chi connectivity index (χ0) is 19.8. The van der Waals surface area contributed by atoms with Crippen LogP contribution in [0, 0.1) is 0 Å². The molecule has 1 N–H and O–H groups in total. The lowest BCUT2D eigenvalue weighted by Crippen LogP contribution is -2.20. The highest BCUT2D eigenvalue weighted by Crippen LogP contribution is 2.26. The van der Waals surface area contributed by atoms with Crippen LogP contribution in [0.4, 0.5) is 5.82 Å². The summed E-state index contributed by atoms with van der Waals surface area (Å²) >= 11 is 0. The summed E-state index contributed by atoms with van der Waals surface area (Å²) in [6.07, 6.45) is 1.89. The van der Waals surface area contributed by atoms with Crippen LogP contribution in [0.3, 0.4) is 0 Å². The number of aromatic nitrogens is 2.